The molecule has 0 aromatic rings. The summed E-state index contributed by atoms with van der Waals surface area (Å²) in [7, 11) is 1.00. The van der Waals surface area contributed by atoms with E-state index < -0.39 is 0 Å². The van der Waals surface area contributed by atoms with E-state index in [9.17, 15) is 0 Å². The van der Waals surface area contributed by atoms with E-state index in [0.29, 0.717) is 0 Å². The minimum Gasteiger partial charge on any atom is -0.400 e. The molecule has 0 radical (unpaired) electrons. The van der Waals surface area contributed by atoms with Gasteiger partial charge in [-0.1, -0.05) is 45.4 Å². The largest absolute Gasteiger partial charge is 0.400 e. The number of piperidine rings is 1. The highest BCUT2D eigenvalue weighted by atomic mass is 16.2. The molecule has 0 saturated carbocycles. The first-order valence-electron chi connectivity index (χ1n) is 7.14. The van der Waals surface area contributed by atoms with Gasteiger partial charge in [0, 0.05) is 19.2 Å². The minimum atomic E-state index is 1.00. The predicted molar refractivity (Wildman–Crippen MR) is 69.7 cm³/mol. The fraction of sp³-hybridized carbons (Fsp3) is 1.00. The summed E-state index contributed by atoms with van der Waals surface area (Å²) in [5, 5.41) is 7.00. The fourth-order valence-corrected chi connectivity index (χ4v) is 3.05. The Kier molecular flexibility index (Phi) is 7.06. The van der Waals surface area contributed by atoms with E-state index in [0.717, 1.165) is 19.2 Å². The summed E-state index contributed by atoms with van der Waals surface area (Å²) in [5.74, 6) is 0. The van der Waals surface area contributed by atoms with E-state index in [1.807, 2.05) is 0 Å². The molecule has 2 saturated heterocycles. The number of aliphatic hydroxyl groups excluding tert-OH is 1. The molecule has 3 unspecified atom stereocenters. The van der Waals surface area contributed by atoms with Crippen LogP contribution in [0.1, 0.15) is 64.7 Å². The zero-order valence-electron chi connectivity index (χ0n) is 11.1. The maximum atomic E-state index is 7.00. The molecule has 0 bridgehead atoms. The highest BCUT2D eigenvalue weighted by Gasteiger charge is 2.46. The molecule has 0 aromatic carbocycles. The lowest BCUT2D eigenvalue weighted by atomic mass is 10.1. The van der Waals surface area contributed by atoms with Crippen LogP contribution in [0.25, 0.3) is 0 Å². The van der Waals surface area contributed by atoms with Crippen LogP contribution in [0, 0.1) is 0 Å². The lowest BCUT2D eigenvalue weighted by Gasteiger charge is -2.08. The first kappa shape index (κ1) is 14.0. The molecule has 2 rings (SSSR count). The Labute approximate surface area is 101 Å². The molecule has 2 aliphatic heterocycles. The van der Waals surface area contributed by atoms with Gasteiger partial charge in [-0.15, -0.1) is 0 Å². The van der Waals surface area contributed by atoms with Gasteiger partial charge in [0.1, 0.15) is 0 Å². The van der Waals surface area contributed by atoms with Crippen molar-refractivity contribution >= 4 is 0 Å². The maximum Gasteiger partial charge on any atom is 0.0319 e. The Morgan fingerprint density at radius 1 is 1.06 bits per heavy atom. The average molecular weight is 227 g/mol. The van der Waals surface area contributed by atoms with Crippen molar-refractivity contribution < 1.29 is 5.11 Å². The summed E-state index contributed by atoms with van der Waals surface area (Å²) in [6.45, 7) is 3.70. The number of hydrogen-bond donors (Lipinski definition) is 1. The van der Waals surface area contributed by atoms with Crippen LogP contribution in [-0.2, 0) is 0 Å². The highest BCUT2D eigenvalue weighted by Crippen LogP contribution is 2.39. The van der Waals surface area contributed by atoms with Crippen molar-refractivity contribution in [2.24, 2.45) is 0 Å². The van der Waals surface area contributed by atoms with Gasteiger partial charge in [-0.25, -0.2) is 0 Å². The molecule has 16 heavy (non-hydrogen) atoms. The Bertz CT molecular complexity index is 160. The van der Waals surface area contributed by atoms with E-state index in [4.69, 9.17) is 5.11 Å². The third-order valence-corrected chi connectivity index (χ3v) is 3.98. The lowest BCUT2D eigenvalue weighted by Crippen LogP contribution is -2.09. The number of nitrogens with zero attached hydrogens (tertiary/aromatic N) is 1. The fourth-order valence-electron chi connectivity index (χ4n) is 3.05. The van der Waals surface area contributed by atoms with Crippen molar-refractivity contribution in [3.8, 4) is 0 Å². The Morgan fingerprint density at radius 3 is 2.44 bits per heavy atom. The van der Waals surface area contributed by atoms with E-state index >= 15 is 0 Å². The van der Waals surface area contributed by atoms with Gasteiger partial charge in [-0.3, -0.25) is 4.90 Å². The quantitative estimate of drug-likeness (QED) is 0.556. The summed E-state index contributed by atoms with van der Waals surface area (Å²) in [6, 6.07) is 2.04. The second-order valence-electron chi connectivity index (χ2n) is 5.07. The van der Waals surface area contributed by atoms with E-state index in [1.165, 1.54) is 64.3 Å². The summed E-state index contributed by atoms with van der Waals surface area (Å²) < 4.78 is 0. The van der Waals surface area contributed by atoms with Gasteiger partial charge < -0.3 is 5.11 Å². The van der Waals surface area contributed by atoms with Crippen LogP contribution in [0.5, 0.6) is 0 Å². The molecule has 2 heterocycles. The molecule has 2 aliphatic rings. The number of hydrogen-bond acceptors (Lipinski definition) is 2. The molecule has 2 fully saturated rings. The van der Waals surface area contributed by atoms with Crippen molar-refractivity contribution in [1.29, 1.82) is 0 Å². The molecule has 96 valence electrons. The van der Waals surface area contributed by atoms with Crippen LogP contribution in [0.2, 0.25) is 0 Å². The molecule has 1 N–H and O–H groups in total. The molecule has 0 spiro atoms. The first-order valence-corrected chi connectivity index (χ1v) is 7.14. The van der Waals surface area contributed by atoms with Gasteiger partial charge in [0.2, 0.25) is 0 Å². The number of rotatable bonds is 6. The molecule has 2 heteroatoms. The average Bonchev–Trinajstić information content (AvgIpc) is 3.05. The number of aliphatic hydroxyl groups is 1. The summed E-state index contributed by atoms with van der Waals surface area (Å²) in [5.41, 5.74) is 0. The zero-order chi connectivity index (χ0) is 11.8. The van der Waals surface area contributed by atoms with E-state index in [1.54, 1.807) is 0 Å². The van der Waals surface area contributed by atoms with Crippen LogP contribution in [0.15, 0.2) is 0 Å². The van der Waals surface area contributed by atoms with Crippen LogP contribution in [0.4, 0.5) is 0 Å². The van der Waals surface area contributed by atoms with Crippen LogP contribution < -0.4 is 0 Å². The Hall–Kier alpha value is -0.0800. The molecule has 2 nitrogen and oxygen atoms in total. The topological polar surface area (TPSA) is 23.2 Å². The van der Waals surface area contributed by atoms with Crippen LogP contribution >= 0.6 is 0 Å². The molecular formula is C14H29NO. The zero-order valence-corrected chi connectivity index (χ0v) is 11.1. The molecule has 0 aromatic heterocycles. The molecule has 0 amide bonds. The lowest BCUT2D eigenvalue weighted by molar-refractivity contribution is 0.393. The van der Waals surface area contributed by atoms with Crippen molar-refractivity contribution in [2.75, 3.05) is 13.7 Å². The summed E-state index contributed by atoms with van der Waals surface area (Å²) in [6.07, 6.45) is 13.2. The van der Waals surface area contributed by atoms with E-state index in [-0.39, 0.29) is 0 Å². The van der Waals surface area contributed by atoms with Crippen molar-refractivity contribution in [1.82, 2.24) is 4.90 Å². The van der Waals surface area contributed by atoms with Crippen molar-refractivity contribution in [3.05, 3.63) is 0 Å². The predicted octanol–water partition coefficient (Wildman–Crippen LogP) is 3.19. The smallest absolute Gasteiger partial charge is 0.0319 e. The highest BCUT2D eigenvalue weighted by molar-refractivity contribution is 5.03. The molecule has 0 aliphatic carbocycles. The normalized spacial score (nSPS) is 31.3. The van der Waals surface area contributed by atoms with Gasteiger partial charge in [0.25, 0.3) is 0 Å². The second kappa shape index (κ2) is 8.08. The van der Waals surface area contributed by atoms with Gasteiger partial charge in [-0.05, 0) is 25.8 Å². The summed E-state index contributed by atoms with van der Waals surface area (Å²) >= 11 is 0. The van der Waals surface area contributed by atoms with E-state index in [2.05, 4.69) is 11.8 Å². The van der Waals surface area contributed by atoms with Gasteiger partial charge >= 0.3 is 0 Å². The van der Waals surface area contributed by atoms with Crippen LogP contribution in [0.3, 0.4) is 0 Å². The van der Waals surface area contributed by atoms with Gasteiger partial charge in [0.05, 0.1) is 0 Å². The van der Waals surface area contributed by atoms with Gasteiger partial charge in [-0.2, -0.15) is 0 Å². The monoisotopic (exact) mass is 227 g/mol. The number of unbranched alkanes of at least 4 members (excludes halogenated alkanes) is 4. The van der Waals surface area contributed by atoms with Crippen molar-refractivity contribution in [2.45, 2.75) is 76.8 Å². The molecular weight excluding hydrogens is 198 g/mol. The third kappa shape index (κ3) is 4.06. The molecule has 3 atom stereocenters. The SMILES string of the molecule is CCCCCCCC1C2CCCCN12.CO. The van der Waals surface area contributed by atoms with Crippen LogP contribution in [-0.4, -0.2) is 35.7 Å². The standard InChI is InChI=1S/C13H25N.CH4O/c1-2-3-4-5-6-9-12-13-10-7-8-11-14(12)13;1-2/h12-13H,2-11H2,1H3;2H,1H3. The van der Waals surface area contributed by atoms with Crippen molar-refractivity contribution in [3.63, 3.8) is 0 Å². The third-order valence-electron chi connectivity index (χ3n) is 3.98. The summed E-state index contributed by atoms with van der Waals surface area (Å²) in [4.78, 5) is 2.74. The first-order chi connectivity index (χ1) is 7.93. The second-order valence-corrected chi connectivity index (χ2v) is 5.07. The number of fused-ring (bicyclic) bond motifs is 1. The Morgan fingerprint density at radius 2 is 1.81 bits per heavy atom. The maximum absolute atomic E-state index is 7.00. The van der Waals surface area contributed by atoms with Gasteiger partial charge in [0.15, 0.2) is 0 Å². The Balaban J connectivity index is 0.000000606. The minimum absolute atomic E-state index is 1.00.